The summed E-state index contributed by atoms with van der Waals surface area (Å²) >= 11 is 6.48. The van der Waals surface area contributed by atoms with Gasteiger partial charge in [-0.15, -0.1) is 0 Å². The zero-order valence-corrected chi connectivity index (χ0v) is 14.2. The van der Waals surface area contributed by atoms with Gasteiger partial charge in [-0.3, -0.25) is 4.79 Å². The molecule has 1 aliphatic rings. The van der Waals surface area contributed by atoms with Crippen molar-refractivity contribution in [2.75, 3.05) is 32.1 Å². The molecule has 1 heterocycles. The van der Waals surface area contributed by atoms with Crippen LogP contribution in [0.1, 0.15) is 32.4 Å². The maximum absolute atomic E-state index is 12.4. The molecule has 4 nitrogen and oxygen atoms in total. The van der Waals surface area contributed by atoms with Gasteiger partial charge in [0.05, 0.1) is 10.7 Å². The van der Waals surface area contributed by atoms with E-state index in [4.69, 9.17) is 11.6 Å². The summed E-state index contributed by atoms with van der Waals surface area (Å²) in [5, 5.41) is 3.90. The quantitative estimate of drug-likeness (QED) is 0.932. The van der Waals surface area contributed by atoms with Crippen LogP contribution in [-0.4, -0.2) is 43.5 Å². The average molecular weight is 310 g/mol. The van der Waals surface area contributed by atoms with Crippen molar-refractivity contribution in [3.63, 3.8) is 0 Å². The van der Waals surface area contributed by atoms with E-state index in [-0.39, 0.29) is 11.9 Å². The van der Waals surface area contributed by atoms with E-state index in [1.807, 2.05) is 40.1 Å². The summed E-state index contributed by atoms with van der Waals surface area (Å²) in [4.78, 5) is 16.3. The molecule has 1 aliphatic heterocycles. The second-order valence-electron chi connectivity index (χ2n) is 6.16. The number of amides is 1. The Kier molecular flexibility index (Phi) is 4.49. The third kappa shape index (κ3) is 2.87. The third-order valence-electron chi connectivity index (χ3n) is 4.40. The fourth-order valence-corrected chi connectivity index (χ4v) is 3.10. The van der Waals surface area contributed by atoms with Gasteiger partial charge in [0.1, 0.15) is 5.54 Å². The highest BCUT2D eigenvalue weighted by atomic mass is 35.5. The predicted molar refractivity (Wildman–Crippen MR) is 88.0 cm³/mol. The van der Waals surface area contributed by atoms with Crippen LogP contribution in [0.15, 0.2) is 18.2 Å². The summed E-state index contributed by atoms with van der Waals surface area (Å²) in [5.41, 5.74) is 1.49. The Balaban J connectivity index is 2.36. The summed E-state index contributed by atoms with van der Waals surface area (Å²) in [6.07, 6.45) is 0. The lowest BCUT2D eigenvalue weighted by Gasteiger charge is -2.46. The Morgan fingerprint density at radius 2 is 2.00 bits per heavy atom. The van der Waals surface area contributed by atoms with E-state index in [2.05, 4.69) is 23.2 Å². The fourth-order valence-electron chi connectivity index (χ4n) is 2.81. The fraction of sp³-hybridized carbons (Fsp3) is 0.562. The number of nitrogens with one attached hydrogen (secondary N) is 1. The summed E-state index contributed by atoms with van der Waals surface area (Å²) in [7, 11) is 3.77. The van der Waals surface area contributed by atoms with E-state index in [9.17, 15) is 4.79 Å². The Hall–Kier alpha value is -1.26. The van der Waals surface area contributed by atoms with Gasteiger partial charge >= 0.3 is 0 Å². The molecule has 1 aromatic carbocycles. The molecule has 1 unspecified atom stereocenters. The molecule has 1 aromatic rings. The number of likely N-dealkylation sites (N-methyl/N-ethyl adjacent to an activating group) is 1. The normalized spacial score (nSPS) is 19.8. The number of benzene rings is 1. The van der Waals surface area contributed by atoms with E-state index in [1.54, 1.807) is 4.90 Å². The summed E-state index contributed by atoms with van der Waals surface area (Å²) < 4.78 is 0. The van der Waals surface area contributed by atoms with Crippen LogP contribution in [0.25, 0.3) is 0 Å². The Morgan fingerprint density at radius 1 is 1.33 bits per heavy atom. The summed E-state index contributed by atoms with van der Waals surface area (Å²) in [6.45, 7) is 7.49. The van der Waals surface area contributed by atoms with Crippen molar-refractivity contribution in [2.24, 2.45) is 0 Å². The molecule has 1 atom stereocenters. The van der Waals surface area contributed by atoms with E-state index in [1.165, 1.54) is 0 Å². The Morgan fingerprint density at radius 3 is 2.57 bits per heavy atom. The molecule has 0 spiro atoms. The Labute approximate surface area is 132 Å². The second-order valence-corrected chi connectivity index (χ2v) is 6.57. The minimum absolute atomic E-state index is 0.123. The monoisotopic (exact) mass is 309 g/mol. The first-order valence-corrected chi connectivity index (χ1v) is 7.66. The zero-order chi connectivity index (χ0) is 15.8. The topological polar surface area (TPSA) is 35.6 Å². The molecule has 1 saturated heterocycles. The van der Waals surface area contributed by atoms with Crippen molar-refractivity contribution < 1.29 is 4.79 Å². The molecule has 21 heavy (non-hydrogen) atoms. The third-order valence-corrected chi connectivity index (χ3v) is 4.70. The van der Waals surface area contributed by atoms with Crippen LogP contribution in [0.3, 0.4) is 0 Å². The first-order chi connectivity index (χ1) is 9.78. The van der Waals surface area contributed by atoms with Crippen LogP contribution in [0.4, 0.5) is 5.69 Å². The highest BCUT2D eigenvalue weighted by Gasteiger charge is 2.41. The lowest BCUT2D eigenvalue weighted by Crippen LogP contribution is -2.62. The van der Waals surface area contributed by atoms with Crippen molar-refractivity contribution in [3.8, 4) is 0 Å². The molecule has 1 amide bonds. The highest BCUT2D eigenvalue weighted by Crippen LogP contribution is 2.35. The van der Waals surface area contributed by atoms with Gasteiger partial charge in [-0.05, 0) is 45.5 Å². The molecule has 1 N–H and O–H groups in total. The van der Waals surface area contributed by atoms with Crippen molar-refractivity contribution in [1.29, 1.82) is 0 Å². The number of hydrogen-bond donors (Lipinski definition) is 1. The molecule has 0 bridgehead atoms. The van der Waals surface area contributed by atoms with Gasteiger partial charge in [-0.1, -0.05) is 17.7 Å². The smallest absolute Gasteiger partial charge is 0.247 e. The maximum atomic E-state index is 12.4. The molecule has 2 rings (SSSR count). The largest absolute Gasteiger partial charge is 0.355 e. The molecule has 116 valence electrons. The predicted octanol–water partition coefficient (Wildman–Crippen LogP) is 2.68. The first kappa shape index (κ1) is 16.1. The summed E-state index contributed by atoms with van der Waals surface area (Å²) in [6, 6.07) is 6.32. The van der Waals surface area contributed by atoms with Gasteiger partial charge in [-0.2, -0.15) is 0 Å². The maximum Gasteiger partial charge on any atom is 0.247 e. The molecular weight excluding hydrogens is 286 g/mol. The van der Waals surface area contributed by atoms with Gasteiger partial charge in [0.25, 0.3) is 0 Å². The van der Waals surface area contributed by atoms with Crippen LogP contribution < -0.4 is 10.2 Å². The van der Waals surface area contributed by atoms with Gasteiger partial charge in [0, 0.05) is 26.2 Å². The van der Waals surface area contributed by atoms with E-state index < -0.39 is 5.54 Å². The molecule has 1 fully saturated rings. The van der Waals surface area contributed by atoms with Gasteiger partial charge in [-0.25, -0.2) is 0 Å². The number of piperazine rings is 1. The van der Waals surface area contributed by atoms with Gasteiger partial charge < -0.3 is 15.1 Å². The van der Waals surface area contributed by atoms with Gasteiger partial charge in [0.15, 0.2) is 0 Å². The van der Waals surface area contributed by atoms with E-state index in [0.29, 0.717) is 11.6 Å². The van der Waals surface area contributed by atoms with E-state index >= 15 is 0 Å². The van der Waals surface area contributed by atoms with Crippen molar-refractivity contribution >= 4 is 23.2 Å². The molecule has 0 saturated carbocycles. The SMILES string of the molecule is CNC(C)c1ccc(N2CCN(C)C(=O)C2(C)C)c(Cl)c1. The molecule has 0 radical (unpaired) electrons. The van der Waals surface area contributed by atoms with E-state index in [0.717, 1.165) is 17.8 Å². The number of hydrogen-bond acceptors (Lipinski definition) is 3. The number of anilines is 1. The number of carbonyl (C=O) groups excluding carboxylic acids is 1. The van der Waals surface area contributed by atoms with Crippen LogP contribution in [-0.2, 0) is 4.79 Å². The van der Waals surface area contributed by atoms with Crippen molar-refractivity contribution in [2.45, 2.75) is 32.4 Å². The second kappa shape index (κ2) is 5.85. The van der Waals surface area contributed by atoms with Crippen LogP contribution >= 0.6 is 11.6 Å². The van der Waals surface area contributed by atoms with Crippen molar-refractivity contribution in [3.05, 3.63) is 28.8 Å². The standard InChI is InChI=1S/C16H24ClN3O/c1-11(18-4)12-6-7-14(13(17)10-12)20-9-8-19(5)15(21)16(20,2)3/h6-7,10-11,18H,8-9H2,1-5H3. The zero-order valence-electron chi connectivity index (χ0n) is 13.4. The molecule has 0 aliphatic carbocycles. The number of carbonyl (C=O) groups is 1. The van der Waals surface area contributed by atoms with Crippen molar-refractivity contribution in [1.82, 2.24) is 10.2 Å². The Bertz CT molecular complexity index is 544. The lowest BCUT2D eigenvalue weighted by molar-refractivity contribution is -0.136. The average Bonchev–Trinajstić information content (AvgIpc) is 2.45. The minimum Gasteiger partial charge on any atom is -0.355 e. The number of halogens is 1. The lowest BCUT2D eigenvalue weighted by atomic mass is 9.96. The van der Waals surface area contributed by atoms with Crippen LogP contribution in [0, 0.1) is 0 Å². The molecular formula is C16H24ClN3O. The van der Waals surface area contributed by atoms with Crippen LogP contribution in [0.2, 0.25) is 5.02 Å². The summed E-state index contributed by atoms with van der Waals surface area (Å²) in [5.74, 6) is 0.123. The molecule has 5 heteroatoms. The van der Waals surface area contributed by atoms with Gasteiger partial charge in [0.2, 0.25) is 5.91 Å². The van der Waals surface area contributed by atoms with Crippen LogP contribution in [0.5, 0.6) is 0 Å². The highest BCUT2D eigenvalue weighted by molar-refractivity contribution is 6.33. The molecule has 0 aromatic heterocycles. The number of rotatable bonds is 3. The number of nitrogens with zero attached hydrogens (tertiary/aromatic N) is 2. The first-order valence-electron chi connectivity index (χ1n) is 7.29. The minimum atomic E-state index is -0.577.